The average Bonchev–Trinajstić information content (AvgIpc) is 3.15. The van der Waals surface area contributed by atoms with Gasteiger partial charge in [0.25, 0.3) is 5.91 Å². The molecule has 0 aromatic carbocycles. The van der Waals surface area contributed by atoms with Crippen molar-refractivity contribution in [1.29, 1.82) is 0 Å². The molecule has 2 amide bonds. The summed E-state index contributed by atoms with van der Waals surface area (Å²) in [7, 11) is 0. The van der Waals surface area contributed by atoms with Gasteiger partial charge in [-0.15, -0.1) is 36.2 Å². The molecular formula is C17H26Cl2N4O3S. The summed E-state index contributed by atoms with van der Waals surface area (Å²) in [6.45, 7) is 6.31. The second-order valence-corrected chi connectivity index (χ2v) is 7.15. The number of nitrogens with zero attached hydrogens (tertiary/aromatic N) is 1. The van der Waals surface area contributed by atoms with Crippen molar-refractivity contribution in [3.63, 3.8) is 0 Å². The number of nitrogens with one attached hydrogen (secondary N) is 2. The summed E-state index contributed by atoms with van der Waals surface area (Å²) in [5, 5.41) is 7.85. The molecule has 0 saturated heterocycles. The van der Waals surface area contributed by atoms with E-state index >= 15 is 0 Å². The van der Waals surface area contributed by atoms with E-state index in [9.17, 15) is 9.59 Å². The molecule has 2 aromatic rings. The molecule has 0 bridgehead atoms. The second-order valence-electron chi connectivity index (χ2n) is 6.30. The number of amides is 2. The number of halogens is 2. The Hall–Kier alpha value is -1.61. The third kappa shape index (κ3) is 7.88. The SMILES string of the molecule is Cc1occc1C(=O)Nc1nc(CC(=O)NC(CN)CC(C)C)cs1.Cl.Cl. The van der Waals surface area contributed by atoms with Crippen LogP contribution in [0.3, 0.4) is 0 Å². The minimum absolute atomic E-state index is 0. The first-order valence-corrected chi connectivity index (χ1v) is 9.06. The Kier molecular flexibility index (Phi) is 11.3. The Morgan fingerprint density at radius 2 is 2.04 bits per heavy atom. The average molecular weight is 437 g/mol. The van der Waals surface area contributed by atoms with Crippen LogP contribution in [0.1, 0.15) is 42.1 Å². The number of carbonyl (C=O) groups excluding carboxylic acids is 2. The quantitative estimate of drug-likeness (QED) is 0.588. The number of aryl methyl sites for hydroxylation is 1. The molecule has 1 unspecified atom stereocenters. The smallest absolute Gasteiger partial charge is 0.260 e. The maximum absolute atomic E-state index is 12.1. The van der Waals surface area contributed by atoms with Crippen molar-refractivity contribution in [3.05, 3.63) is 34.7 Å². The molecule has 0 aliphatic heterocycles. The van der Waals surface area contributed by atoms with Crippen molar-refractivity contribution < 1.29 is 14.0 Å². The Labute approximate surface area is 175 Å². The van der Waals surface area contributed by atoms with Crippen LogP contribution >= 0.6 is 36.2 Å². The summed E-state index contributed by atoms with van der Waals surface area (Å²) in [6.07, 6.45) is 2.46. The number of hydrogen-bond donors (Lipinski definition) is 3. The summed E-state index contributed by atoms with van der Waals surface area (Å²) in [6, 6.07) is 1.57. The van der Waals surface area contributed by atoms with Gasteiger partial charge in [0.05, 0.1) is 23.9 Å². The lowest BCUT2D eigenvalue weighted by Crippen LogP contribution is -2.41. The normalized spacial score (nSPS) is 11.3. The van der Waals surface area contributed by atoms with Gasteiger partial charge in [0.15, 0.2) is 5.13 Å². The van der Waals surface area contributed by atoms with E-state index in [1.54, 1.807) is 18.4 Å². The molecule has 1 atom stereocenters. The fourth-order valence-corrected chi connectivity index (χ4v) is 3.16. The molecule has 0 spiro atoms. The summed E-state index contributed by atoms with van der Waals surface area (Å²) in [5.74, 6) is 0.606. The molecular weight excluding hydrogens is 411 g/mol. The van der Waals surface area contributed by atoms with Crippen LogP contribution in [0.5, 0.6) is 0 Å². The molecule has 0 aliphatic rings. The maximum atomic E-state index is 12.1. The van der Waals surface area contributed by atoms with Crippen LogP contribution in [0.25, 0.3) is 0 Å². The molecule has 0 fully saturated rings. The van der Waals surface area contributed by atoms with E-state index in [0.29, 0.717) is 34.6 Å². The van der Waals surface area contributed by atoms with Gasteiger partial charge in [-0.25, -0.2) is 4.98 Å². The highest BCUT2D eigenvalue weighted by molar-refractivity contribution is 7.14. The molecule has 0 radical (unpaired) electrons. The monoisotopic (exact) mass is 436 g/mol. The predicted octanol–water partition coefficient (Wildman–Crippen LogP) is 3.17. The van der Waals surface area contributed by atoms with Crippen molar-refractivity contribution in [1.82, 2.24) is 10.3 Å². The van der Waals surface area contributed by atoms with E-state index in [1.165, 1.54) is 17.6 Å². The number of carbonyl (C=O) groups is 2. The van der Waals surface area contributed by atoms with Gasteiger partial charge in [0.1, 0.15) is 5.76 Å². The molecule has 0 saturated carbocycles. The van der Waals surface area contributed by atoms with E-state index in [4.69, 9.17) is 10.2 Å². The first-order chi connectivity index (χ1) is 11.9. The lowest BCUT2D eigenvalue weighted by Gasteiger charge is -2.18. The van der Waals surface area contributed by atoms with Crippen LogP contribution in [0.4, 0.5) is 5.13 Å². The largest absolute Gasteiger partial charge is 0.469 e. The third-order valence-corrected chi connectivity index (χ3v) is 4.43. The summed E-state index contributed by atoms with van der Waals surface area (Å²) < 4.78 is 5.12. The molecule has 10 heteroatoms. The van der Waals surface area contributed by atoms with E-state index in [-0.39, 0.29) is 49.1 Å². The van der Waals surface area contributed by atoms with Gasteiger partial charge in [0.2, 0.25) is 5.91 Å². The highest BCUT2D eigenvalue weighted by Crippen LogP contribution is 2.18. The minimum Gasteiger partial charge on any atom is -0.469 e. The zero-order chi connectivity index (χ0) is 18.4. The first kappa shape index (κ1) is 25.4. The van der Waals surface area contributed by atoms with Crippen molar-refractivity contribution in [2.24, 2.45) is 11.7 Å². The van der Waals surface area contributed by atoms with Gasteiger partial charge < -0.3 is 15.5 Å². The number of thiazole rings is 1. The highest BCUT2D eigenvalue weighted by Gasteiger charge is 2.16. The Morgan fingerprint density at radius 1 is 1.33 bits per heavy atom. The molecule has 2 heterocycles. The molecule has 0 aliphatic carbocycles. The van der Waals surface area contributed by atoms with E-state index in [0.717, 1.165) is 6.42 Å². The third-order valence-electron chi connectivity index (χ3n) is 3.62. The summed E-state index contributed by atoms with van der Waals surface area (Å²) in [4.78, 5) is 28.5. The molecule has 4 N–H and O–H groups in total. The minimum atomic E-state index is -0.281. The number of hydrogen-bond acceptors (Lipinski definition) is 6. The first-order valence-electron chi connectivity index (χ1n) is 8.18. The molecule has 27 heavy (non-hydrogen) atoms. The number of anilines is 1. The lowest BCUT2D eigenvalue weighted by atomic mass is 10.0. The van der Waals surface area contributed by atoms with Gasteiger partial charge in [-0.05, 0) is 25.3 Å². The number of rotatable bonds is 8. The van der Waals surface area contributed by atoms with Gasteiger partial charge in [-0.2, -0.15) is 0 Å². The zero-order valence-corrected chi connectivity index (χ0v) is 17.9. The number of nitrogens with two attached hydrogens (primary N) is 1. The summed E-state index contributed by atoms with van der Waals surface area (Å²) >= 11 is 1.28. The fourth-order valence-electron chi connectivity index (χ4n) is 2.46. The van der Waals surface area contributed by atoms with Crippen LogP contribution < -0.4 is 16.4 Å². The molecule has 7 nitrogen and oxygen atoms in total. The second kappa shape index (κ2) is 12.0. The number of furan rings is 1. The van der Waals surface area contributed by atoms with Crippen molar-refractivity contribution >= 4 is 53.1 Å². The topological polar surface area (TPSA) is 110 Å². The van der Waals surface area contributed by atoms with Crippen LogP contribution in [-0.2, 0) is 11.2 Å². The van der Waals surface area contributed by atoms with Crippen molar-refractivity contribution in [2.45, 2.75) is 39.7 Å². The van der Waals surface area contributed by atoms with Crippen molar-refractivity contribution in [2.75, 3.05) is 11.9 Å². The molecule has 152 valence electrons. The van der Waals surface area contributed by atoms with Gasteiger partial charge in [-0.1, -0.05) is 13.8 Å². The standard InChI is InChI=1S/C17H24N4O3S.2ClH/c1-10(2)6-12(8-18)19-15(22)7-13-9-25-17(20-13)21-16(23)14-4-5-24-11(14)3;;/h4-5,9-10,12H,6-8,18H2,1-3H3,(H,19,22)(H,20,21,23);2*1H. The van der Waals surface area contributed by atoms with Gasteiger partial charge in [-0.3, -0.25) is 14.9 Å². The van der Waals surface area contributed by atoms with E-state index < -0.39 is 0 Å². The van der Waals surface area contributed by atoms with E-state index in [1.807, 2.05) is 0 Å². The van der Waals surface area contributed by atoms with Crippen molar-refractivity contribution in [3.8, 4) is 0 Å². The Bertz CT molecular complexity index is 733. The van der Waals surface area contributed by atoms with Crippen LogP contribution in [0.2, 0.25) is 0 Å². The number of aromatic nitrogens is 1. The Balaban J connectivity index is 0.00000338. The molecule has 2 aromatic heterocycles. The van der Waals surface area contributed by atoms with Crippen LogP contribution in [-0.4, -0.2) is 29.4 Å². The van der Waals surface area contributed by atoms with Gasteiger partial charge >= 0.3 is 0 Å². The summed E-state index contributed by atoms with van der Waals surface area (Å²) in [5.41, 5.74) is 6.78. The lowest BCUT2D eigenvalue weighted by molar-refractivity contribution is -0.121. The molecule has 2 rings (SSSR count). The zero-order valence-electron chi connectivity index (χ0n) is 15.5. The van der Waals surface area contributed by atoms with Gasteiger partial charge in [0, 0.05) is 18.0 Å². The fraction of sp³-hybridized carbons (Fsp3) is 0.471. The predicted molar refractivity (Wildman–Crippen MR) is 112 cm³/mol. The van der Waals surface area contributed by atoms with E-state index in [2.05, 4.69) is 29.5 Å². The van der Waals surface area contributed by atoms with Crippen LogP contribution in [0.15, 0.2) is 22.1 Å². The maximum Gasteiger partial charge on any atom is 0.260 e. The Morgan fingerprint density at radius 3 is 2.59 bits per heavy atom. The van der Waals surface area contributed by atoms with Crippen LogP contribution in [0, 0.1) is 12.8 Å². The highest BCUT2D eigenvalue weighted by atomic mass is 35.5.